The van der Waals surface area contributed by atoms with Crippen molar-refractivity contribution in [3.63, 3.8) is 0 Å². The SMILES string of the molecule is COc1ccccc1N1C[C@H](C(=O)NCCNC(=O)C=C(C)C)CC1=O. The van der Waals surface area contributed by atoms with E-state index in [2.05, 4.69) is 10.6 Å². The van der Waals surface area contributed by atoms with Crippen LogP contribution in [0.15, 0.2) is 35.9 Å². The Morgan fingerprint density at radius 2 is 1.92 bits per heavy atom. The monoisotopic (exact) mass is 359 g/mol. The number of nitrogens with one attached hydrogen (secondary N) is 2. The summed E-state index contributed by atoms with van der Waals surface area (Å²) in [5.74, 6) is -0.291. The number of anilines is 1. The van der Waals surface area contributed by atoms with E-state index in [1.54, 1.807) is 24.1 Å². The number of hydrogen-bond donors (Lipinski definition) is 2. The van der Waals surface area contributed by atoms with Gasteiger partial charge in [0.1, 0.15) is 5.75 Å². The Bertz CT molecular complexity index is 710. The number of methoxy groups -OCH3 is 1. The maximum atomic E-state index is 12.3. The summed E-state index contributed by atoms with van der Waals surface area (Å²) in [4.78, 5) is 37.7. The zero-order valence-electron chi connectivity index (χ0n) is 15.4. The molecule has 2 N–H and O–H groups in total. The standard InChI is InChI=1S/C19H25N3O4/c1-13(2)10-17(23)20-8-9-21-19(25)14-11-18(24)22(12-14)15-6-4-5-7-16(15)26-3/h4-7,10,14H,8-9,11-12H2,1-3H3,(H,20,23)(H,21,25)/t14-/m1/s1. The normalized spacial score (nSPS) is 16.2. The fourth-order valence-electron chi connectivity index (χ4n) is 2.80. The van der Waals surface area contributed by atoms with Gasteiger partial charge in [0, 0.05) is 32.1 Å². The second-order valence-corrected chi connectivity index (χ2v) is 6.38. The Morgan fingerprint density at radius 3 is 2.62 bits per heavy atom. The summed E-state index contributed by atoms with van der Waals surface area (Å²) in [7, 11) is 1.55. The molecule has 1 aliphatic rings. The number of rotatable bonds is 7. The van der Waals surface area contributed by atoms with E-state index < -0.39 is 5.92 Å². The number of hydrogen-bond acceptors (Lipinski definition) is 4. The zero-order chi connectivity index (χ0) is 19.1. The van der Waals surface area contributed by atoms with Crippen molar-refractivity contribution in [2.45, 2.75) is 20.3 Å². The van der Waals surface area contributed by atoms with Gasteiger partial charge in [-0.3, -0.25) is 14.4 Å². The van der Waals surface area contributed by atoms with Crippen molar-refractivity contribution in [1.29, 1.82) is 0 Å². The van der Waals surface area contributed by atoms with Crippen LogP contribution in [0.1, 0.15) is 20.3 Å². The van der Waals surface area contributed by atoms with Gasteiger partial charge in [-0.15, -0.1) is 0 Å². The van der Waals surface area contributed by atoms with Gasteiger partial charge >= 0.3 is 0 Å². The summed E-state index contributed by atoms with van der Waals surface area (Å²) in [5.41, 5.74) is 1.58. The van der Waals surface area contributed by atoms with Crippen molar-refractivity contribution in [3.8, 4) is 5.75 Å². The largest absolute Gasteiger partial charge is 0.495 e. The van der Waals surface area contributed by atoms with Crippen LogP contribution in [0.25, 0.3) is 0 Å². The summed E-state index contributed by atoms with van der Waals surface area (Å²) in [6.07, 6.45) is 1.66. The molecule has 0 aliphatic carbocycles. The fraction of sp³-hybridized carbons (Fsp3) is 0.421. The molecule has 140 valence electrons. The van der Waals surface area contributed by atoms with Crippen LogP contribution in [0.2, 0.25) is 0 Å². The van der Waals surface area contributed by atoms with Gasteiger partial charge in [0.05, 0.1) is 18.7 Å². The molecule has 1 aromatic carbocycles. The quantitative estimate of drug-likeness (QED) is 0.566. The first kappa shape index (κ1) is 19.5. The Kier molecular flexibility index (Phi) is 6.77. The summed E-state index contributed by atoms with van der Waals surface area (Å²) in [5, 5.41) is 5.46. The number of nitrogens with zero attached hydrogens (tertiary/aromatic N) is 1. The van der Waals surface area contributed by atoms with Gasteiger partial charge in [-0.1, -0.05) is 17.7 Å². The molecule has 7 heteroatoms. The van der Waals surface area contributed by atoms with Gasteiger partial charge in [-0.25, -0.2) is 0 Å². The van der Waals surface area contributed by atoms with Crippen molar-refractivity contribution in [2.75, 3.05) is 31.6 Å². The van der Waals surface area contributed by atoms with Crippen LogP contribution in [-0.2, 0) is 14.4 Å². The molecule has 1 aromatic rings. The van der Waals surface area contributed by atoms with Gasteiger partial charge < -0.3 is 20.3 Å². The summed E-state index contributed by atoms with van der Waals surface area (Å²) in [6, 6.07) is 7.24. The number of ether oxygens (including phenoxy) is 1. The molecule has 1 fully saturated rings. The number of para-hydroxylation sites is 2. The molecular weight excluding hydrogens is 334 g/mol. The second-order valence-electron chi connectivity index (χ2n) is 6.38. The highest BCUT2D eigenvalue weighted by molar-refractivity contribution is 6.01. The molecule has 7 nitrogen and oxygen atoms in total. The van der Waals surface area contributed by atoms with Crippen LogP contribution in [0.5, 0.6) is 5.75 Å². The molecule has 0 aromatic heterocycles. The summed E-state index contributed by atoms with van der Waals surface area (Å²) >= 11 is 0. The molecule has 3 amide bonds. The molecular formula is C19H25N3O4. The van der Waals surface area contributed by atoms with Crippen LogP contribution in [0.3, 0.4) is 0 Å². The van der Waals surface area contributed by atoms with Gasteiger partial charge in [-0.05, 0) is 26.0 Å². The Labute approximate surface area is 153 Å². The van der Waals surface area contributed by atoms with Crippen molar-refractivity contribution in [2.24, 2.45) is 5.92 Å². The number of benzene rings is 1. The lowest BCUT2D eigenvalue weighted by Gasteiger charge is -2.19. The maximum Gasteiger partial charge on any atom is 0.243 e. The smallest absolute Gasteiger partial charge is 0.243 e. The Hall–Kier alpha value is -2.83. The van der Waals surface area contributed by atoms with Crippen molar-refractivity contribution in [3.05, 3.63) is 35.9 Å². The van der Waals surface area contributed by atoms with Crippen LogP contribution in [0.4, 0.5) is 5.69 Å². The van der Waals surface area contributed by atoms with Crippen molar-refractivity contribution < 1.29 is 19.1 Å². The van der Waals surface area contributed by atoms with E-state index in [1.165, 1.54) is 6.08 Å². The molecule has 1 aliphatic heterocycles. The molecule has 0 unspecified atom stereocenters. The molecule has 1 atom stereocenters. The molecule has 0 spiro atoms. The van der Waals surface area contributed by atoms with E-state index in [4.69, 9.17) is 4.74 Å². The number of carbonyl (C=O) groups excluding carboxylic acids is 3. The zero-order valence-corrected chi connectivity index (χ0v) is 15.4. The van der Waals surface area contributed by atoms with Crippen LogP contribution in [0, 0.1) is 5.92 Å². The van der Waals surface area contributed by atoms with E-state index >= 15 is 0 Å². The van der Waals surface area contributed by atoms with Gasteiger partial charge in [-0.2, -0.15) is 0 Å². The average molecular weight is 359 g/mol. The minimum Gasteiger partial charge on any atom is -0.495 e. The third-order valence-electron chi connectivity index (χ3n) is 4.02. The maximum absolute atomic E-state index is 12.3. The number of carbonyl (C=O) groups is 3. The van der Waals surface area contributed by atoms with Crippen molar-refractivity contribution in [1.82, 2.24) is 10.6 Å². The number of allylic oxidation sites excluding steroid dienone is 1. The fourth-order valence-corrected chi connectivity index (χ4v) is 2.80. The van der Waals surface area contributed by atoms with Gasteiger partial charge in [0.25, 0.3) is 0 Å². The first-order valence-electron chi connectivity index (χ1n) is 8.56. The second kappa shape index (κ2) is 9.03. The molecule has 1 heterocycles. The Balaban J connectivity index is 1.85. The first-order valence-corrected chi connectivity index (χ1v) is 8.56. The van der Waals surface area contributed by atoms with Gasteiger partial charge in [0.15, 0.2) is 0 Å². The van der Waals surface area contributed by atoms with Crippen LogP contribution >= 0.6 is 0 Å². The molecule has 26 heavy (non-hydrogen) atoms. The van der Waals surface area contributed by atoms with E-state index in [1.807, 2.05) is 26.0 Å². The van der Waals surface area contributed by atoms with Crippen LogP contribution in [-0.4, -0.2) is 44.5 Å². The average Bonchev–Trinajstić information content (AvgIpc) is 2.99. The summed E-state index contributed by atoms with van der Waals surface area (Å²) in [6.45, 7) is 4.65. The van der Waals surface area contributed by atoms with E-state index in [0.29, 0.717) is 31.1 Å². The predicted molar refractivity (Wildman–Crippen MR) is 98.9 cm³/mol. The van der Waals surface area contributed by atoms with Gasteiger partial charge in [0.2, 0.25) is 17.7 Å². The lowest BCUT2D eigenvalue weighted by molar-refractivity contribution is -0.126. The highest BCUT2D eigenvalue weighted by Crippen LogP contribution is 2.32. The highest BCUT2D eigenvalue weighted by atomic mass is 16.5. The molecule has 2 rings (SSSR count). The Morgan fingerprint density at radius 1 is 1.23 bits per heavy atom. The first-order chi connectivity index (χ1) is 12.4. The van der Waals surface area contributed by atoms with Crippen LogP contribution < -0.4 is 20.3 Å². The molecule has 0 bridgehead atoms. The minimum absolute atomic E-state index is 0.105. The van der Waals surface area contributed by atoms with Crippen molar-refractivity contribution >= 4 is 23.4 Å². The van der Waals surface area contributed by atoms with E-state index in [0.717, 1.165) is 5.57 Å². The predicted octanol–water partition coefficient (Wildman–Crippen LogP) is 1.25. The third-order valence-corrected chi connectivity index (χ3v) is 4.02. The van der Waals surface area contributed by atoms with E-state index in [9.17, 15) is 14.4 Å². The minimum atomic E-state index is -0.416. The lowest BCUT2D eigenvalue weighted by atomic mass is 10.1. The number of amides is 3. The highest BCUT2D eigenvalue weighted by Gasteiger charge is 2.36. The topological polar surface area (TPSA) is 87.7 Å². The molecule has 1 saturated heterocycles. The summed E-state index contributed by atoms with van der Waals surface area (Å²) < 4.78 is 5.29. The third kappa shape index (κ3) is 5.08. The molecule has 0 saturated carbocycles. The van der Waals surface area contributed by atoms with E-state index in [-0.39, 0.29) is 24.1 Å². The molecule has 0 radical (unpaired) electrons. The lowest BCUT2D eigenvalue weighted by Crippen LogP contribution is -2.38.